The first-order valence-corrected chi connectivity index (χ1v) is 10.7. The largest absolute Gasteiger partial charge is 0.380 e. The van der Waals surface area contributed by atoms with Crippen molar-refractivity contribution in [1.82, 2.24) is 0 Å². The van der Waals surface area contributed by atoms with Gasteiger partial charge in [-0.3, -0.25) is 4.79 Å². The summed E-state index contributed by atoms with van der Waals surface area (Å²) in [6, 6.07) is 12.8. The normalized spacial score (nSPS) is 15.1. The number of hydrogen-bond acceptors (Lipinski definition) is 4. The number of thiophene rings is 1. The fraction of sp³-hybridized carbons (Fsp3) is 0.348. The summed E-state index contributed by atoms with van der Waals surface area (Å²) in [5, 5.41) is 3.42. The fourth-order valence-corrected chi connectivity index (χ4v) is 4.96. The van der Waals surface area contributed by atoms with Crippen LogP contribution in [-0.2, 0) is 11.3 Å². The molecule has 1 N–H and O–H groups in total. The van der Waals surface area contributed by atoms with Gasteiger partial charge in [-0.05, 0) is 55.2 Å². The Bertz CT molecular complexity index is 1010. The first kappa shape index (κ1) is 19.9. The van der Waals surface area contributed by atoms with Crippen molar-refractivity contribution >= 4 is 38.7 Å². The van der Waals surface area contributed by atoms with Gasteiger partial charge in [-0.2, -0.15) is 0 Å². The number of nitrogens with zero attached hydrogens (tertiary/aromatic N) is 1. The van der Waals surface area contributed by atoms with Gasteiger partial charge in [0.2, 0.25) is 0 Å². The molecule has 0 atom stereocenters. The van der Waals surface area contributed by atoms with Crippen molar-refractivity contribution in [3.8, 4) is 0 Å². The monoisotopic (exact) mass is 412 g/mol. The second-order valence-corrected chi connectivity index (χ2v) is 8.68. The molecule has 0 aliphatic carbocycles. The predicted molar refractivity (Wildman–Crippen MR) is 118 cm³/mol. The van der Waals surface area contributed by atoms with Crippen LogP contribution in [0.25, 0.3) is 10.1 Å². The van der Waals surface area contributed by atoms with Gasteiger partial charge in [0, 0.05) is 47.2 Å². The summed E-state index contributed by atoms with van der Waals surface area (Å²) in [5.41, 5.74) is 2.51. The minimum Gasteiger partial charge on any atom is -0.380 e. The van der Waals surface area contributed by atoms with E-state index in [0.717, 1.165) is 29.4 Å². The molecule has 1 aliphatic heterocycles. The highest BCUT2D eigenvalue weighted by Gasteiger charge is 2.21. The second kappa shape index (κ2) is 8.51. The number of fused-ring (bicyclic) bond motifs is 1. The summed E-state index contributed by atoms with van der Waals surface area (Å²) in [7, 11) is 1.55. The average Bonchev–Trinajstić information content (AvgIpc) is 3.10. The molecule has 0 unspecified atom stereocenters. The number of ether oxygens (including phenoxy) is 1. The minimum absolute atomic E-state index is 0.190. The standard InChI is InChI=1S/C23H25FN2O2S/c1-15-10-12-26(13-11-15)17-8-6-16(7-9-17)25-23(27)22-18(14-28-2)21-19(24)4-3-5-20(21)29-22/h3-9,15H,10-14H2,1-2H3,(H,25,27). The van der Waals surface area contributed by atoms with Gasteiger partial charge in [0.05, 0.1) is 11.5 Å². The first-order valence-electron chi connectivity index (χ1n) is 9.92. The number of anilines is 2. The molecular formula is C23H25FN2O2S. The molecule has 0 spiro atoms. The predicted octanol–water partition coefficient (Wildman–Crippen LogP) is 5.68. The molecule has 1 amide bonds. The van der Waals surface area contributed by atoms with Crippen LogP contribution >= 0.6 is 11.3 Å². The Balaban J connectivity index is 1.53. The molecule has 0 radical (unpaired) electrons. The van der Waals surface area contributed by atoms with Gasteiger partial charge in [-0.1, -0.05) is 13.0 Å². The maximum Gasteiger partial charge on any atom is 0.266 e. The van der Waals surface area contributed by atoms with Crippen LogP contribution in [-0.4, -0.2) is 26.1 Å². The molecule has 3 aromatic rings. The van der Waals surface area contributed by atoms with Gasteiger partial charge in [-0.25, -0.2) is 4.39 Å². The Hall–Kier alpha value is -2.44. The Kier molecular flexibility index (Phi) is 5.83. The Morgan fingerprint density at radius 2 is 1.93 bits per heavy atom. The third kappa shape index (κ3) is 4.14. The minimum atomic E-state index is -0.329. The highest BCUT2D eigenvalue weighted by molar-refractivity contribution is 7.21. The van der Waals surface area contributed by atoms with Crippen molar-refractivity contribution in [2.24, 2.45) is 5.92 Å². The fourth-order valence-electron chi connectivity index (χ4n) is 3.84. The van der Waals surface area contributed by atoms with E-state index in [-0.39, 0.29) is 18.3 Å². The van der Waals surface area contributed by atoms with E-state index < -0.39 is 0 Å². The van der Waals surface area contributed by atoms with E-state index in [1.807, 2.05) is 30.3 Å². The van der Waals surface area contributed by atoms with Crippen molar-refractivity contribution in [3.63, 3.8) is 0 Å². The quantitative estimate of drug-likeness (QED) is 0.587. The molecule has 6 heteroatoms. The lowest BCUT2D eigenvalue weighted by molar-refractivity contribution is 0.102. The van der Waals surface area contributed by atoms with Crippen LogP contribution in [0.15, 0.2) is 42.5 Å². The molecule has 4 nitrogen and oxygen atoms in total. The third-order valence-electron chi connectivity index (χ3n) is 5.53. The lowest BCUT2D eigenvalue weighted by atomic mass is 9.99. The highest BCUT2D eigenvalue weighted by atomic mass is 32.1. The summed E-state index contributed by atoms with van der Waals surface area (Å²) in [4.78, 5) is 15.8. The van der Waals surface area contributed by atoms with E-state index in [0.29, 0.717) is 15.8 Å². The molecule has 2 aromatic carbocycles. The van der Waals surface area contributed by atoms with Gasteiger partial charge in [-0.15, -0.1) is 11.3 Å². The van der Waals surface area contributed by atoms with Gasteiger partial charge in [0.15, 0.2) is 0 Å². The van der Waals surface area contributed by atoms with Crippen LogP contribution in [0.2, 0.25) is 0 Å². The zero-order valence-electron chi connectivity index (χ0n) is 16.7. The number of piperidine rings is 1. The second-order valence-electron chi connectivity index (χ2n) is 7.63. The first-order chi connectivity index (χ1) is 14.1. The van der Waals surface area contributed by atoms with E-state index in [2.05, 4.69) is 17.1 Å². The molecule has 152 valence electrons. The smallest absolute Gasteiger partial charge is 0.266 e. The SMILES string of the molecule is COCc1c(C(=O)Nc2ccc(N3CCC(C)CC3)cc2)sc2cccc(F)c12. The summed E-state index contributed by atoms with van der Waals surface area (Å²) >= 11 is 1.29. The van der Waals surface area contributed by atoms with Crippen LogP contribution in [0.3, 0.4) is 0 Å². The molecular weight excluding hydrogens is 387 g/mol. The maximum atomic E-state index is 14.3. The number of carbonyl (C=O) groups excluding carboxylic acids is 1. The molecule has 4 rings (SSSR count). The number of hydrogen-bond donors (Lipinski definition) is 1. The number of methoxy groups -OCH3 is 1. The molecule has 0 bridgehead atoms. The van der Waals surface area contributed by atoms with E-state index in [9.17, 15) is 9.18 Å². The number of halogens is 1. The van der Waals surface area contributed by atoms with Gasteiger partial charge in [0.1, 0.15) is 5.82 Å². The van der Waals surface area contributed by atoms with Crippen LogP contribution in [0.1, 0.15) is 35.0 Å². The van der Waals surface area contributed by atoms with E-state index in [1.54, 1.807) is 13.2 Å². The summed E-state index contributed by atoms with van der Waals surface area (Å²) in [5.74, 6) is 0.222. The average molecular weight is 413 g/mol. The number of nitrogens with one attached hydrogen (secondary N) is 1. The van der Waals surface area contributed by atoms with E-state index in [4.69, 9.17) is 4.74 Å². The third-order valence-corrected chi connectivity index (χ3v) is 6.73. The van der Waals surface area contributed by atoms with Crippen LogP contribution in [0.5, 0.6) is 0 Å². The Labute approximate surface area is 174 Å². The molecule has 2 heterocycles. The van der Waals surface area contributed by atoms with Crippen LogP contribution < -0.4 is 10.2 Å². The van der Waals surface area contributed by atoms with E-state index >= 15 is 0 Å². The van der Waals surface area contributed by atoms with Crippen molar-refractivity contribution in [3.05, 3.63) is 58.7 Å². The van der Waals surface area contributed by atoms with Crippen molar-refractivity contribution in [1.29, 1.82) is 0 Å². The van der Waals surface area contributed by atoms with Gasteiger partial charge < -0.3 is 15.0 Å². The van der Waals surface area contributed by atoms with Crippen molar-refractivity contribution in [2.75, 3.05) is 30.4 Å². The summed E-state index contributed by atoms with van der Waals surface area (Å²) in [6.07, 6.45) is 2.42. The molecule has 1 aliphatic rings. The number of rotatable bonds is 5. The van der Waals surface area contributed by atoms with Crippen LogP contribution in [0.4, 0.5) is 15.8 Å². The summed E-state index contributed by atoms with van der Waals surface area (Å²) in [6.45, 7) is 4.63. The van der Waals surface area contributed by atoms with E-state index in [1.165, 1.54) is 35.9 Å². The lowest BCUT2D eigenvalue weighted by Gasteiger charge is -2.32. The molecule has 29 heavy (non-hydrogen) atoms. The Morgan fingerprint density at radius 3 is 2.62 bits per heavy atom. The molecule has 0 saturated carbocycles. The van der Waals surface area contributed by atoms with Crippen LogP contribution in [0, 0.1) is 11.7 Å². The molecule has 1 aromatic heterocycles. The zero-order valence-corrected chi connectivity index (χ0v) is 17.5. The maximum absolute atomic E-state index is 14.3. The van der Waals surface area contributed by atoms with Gasteiger partial charge in [0.25, 0.3) is 5.91 Å². The number of carbonyl (C=O) groups is 1. The molecule has 1 fully saturated rings. The van der Waals surface area contributed by atoms with Gasteiger partial charge >= 0.3 is 0 Å². The van der Waals surface area contributed by atoms with Crippen molar-refractivity contribution in [2.45, 2.75) is 26.4 Å². The number of amides is 1. The topological polar surface area (TPSA) is 41.6 Å². The highest BCUT2D eigenvalue weighted by Crippen LogP contribution is 2.34. The lowest BCUT2D eigenvalue weighted by Crippen LogP contribution is -2.32. The zero-order chi connectivity index (χ0) is 20.4. The Morgan fingerprint density at radius 1 is 1.21 bits per heavy atom. The summed E-state index contributed by atoms with van der Waals surface area (Å²) < 4.78 is 20.3. The number of benzene rings is 2. The molecule has 1 saturated heterocycles. The van der Waals surface area contributed by atoms with Crippen molar-refractivity contribution < 1.29 is 13.9 Å².